The second-order valence-corrected chi connectivity index (χ2v) is 5.77. The average molecular weight is 288 g/mol. The second kappa shape index (κ2) is 5.79. The molecule has 1 aromatic rings. The molecule has 0 bridgehead atoms. The highest BCUT2D eigenvalue weighted by Crippen LogP contribution is 2.40. The summed E-state index contributed by atoms with van der Waals surface area (Å²) < 4.78 is 6.00. The summed E-state index contributed by atoms with van der Waals surface area (Å²) in [4.78, 5) is 0. The highest BCUT2D eigenvalue weighted by molar-refractivity contribution is 6.42. The molecule has 4 heteroatoms. The van der Waals surface area contributed by atoms with Crippen LogP contribution in [-0.4, -0.2) is 19.3 Å². The van der Waals surface area contributed by atoms with Crippen molar-refractivity contribution in [1.82, 2.24) is 5.32 Å². The maximum Gasteiger partial charge on any atom is 0.0848 e. The van der Waals surface area contributed by atoms with Crippen molar-refractivity contribution in [1.29, 1.82) is 0 Å². The van der Waals surface area contributed by atoms with Gasteiger partial charge in [-0.05, 0) is 44.9 Å². The minimum absolute atomic E-state index is 0.0593. The molecule has 18 heavy (non-hydrogen) atoms. The number of nitrogens with one attached hydrogen (secondary N) is 1. The summed E-state index contributed by atoms with van der Waals surface area (Å²) in [5, 5.41) is 4.54. The van der Waals surface area contributed by atoms with Crippen molar-refractivity contribution >= 4 is 23.2 Å². The molecule has 2 atom stereocenters. The molecule has 0 aromatic heterocycles. The van der Waals surface area contributed by atoms with Crippen molar-refractivity contribution in [3.8, 4) is 0 Å². The van der Waals surface area contributed by atoms with Crippen LogP contribution in [0.5, 0.6) is 0 Å². The molecule has 0 aliphatic carbocycles. The lowest BCUT2D eigenvalue weighted by atomic mass is 9.84. The fourth-order valence-electron chi connectivity index (χ4n) is 2.72. The van der Waals surface area contributed by atoms with E-state index in [0.29, 0.717) is 10.0 Å². The van der Waals surface area contributed by atoms with Gasteiger partial charge in [0.05, 0.1) is 21.7 Å². The Kier molecular flexibility index (Phi) is 4.54. The van der Waals surface area contributed by atoms with Gasteiger partial charge in [-0.3, -0.25) is 0 Å². The van der Waals surface area contributed by atoms with Gasteiger partial charge in [0.2, 0.25) is 0 Å². The van der Waals surface area contributed by atoms with Crippen molar-refractivity contribution in [2.45, 2.75) is 37.8 Å². The summed E-state index contributed by atoms with van der Waals surface area (Å²) in [6.45, 7) is 2.96. The number of hydrogen-bond donors (Lipinski definition) is 1. The maximum atomic E-state index is 6.32. The summed E-state index contributed by atoms with van der Waals surface area (Å²) in [6.07, 6.45) is 3.35. The van der Waals surface area contributed by atoms with Crippen LogP contribution in [0.3, 0.4) is 0 Å². The molecule has 1 aliphatic rings. The third kappa shape index (κ3) is 2.67. The number of ether oxygens (including phenoxy) is 1. The highest BCUT2D eigenvalue weighted by Gasteiger charge is 2.38. The summed E-state index contributed by atoms with van der Waals surface area (Å²) >= 11 is 12.4. The van der Waals surface area contributed by atoms with E-state index < -0.39 is 0 Å². The fourth-order valence-corrected chi connectivity index (χ4v) is 3.13. The van der Waals surface area contributed by atoms with E-state index in [1.54, 1.807) is 0 Å². The first-order valence-electron chi connectivity index (χ1n) is 6.33. The molecule has 1 fully saturated rings. The Labute approximate surface area is 119 Å². The topological polar surface area (TPSA) is 21.3 Å². The molecular formula is C14H19Cl2NO. The van der Waals surface area contributed by atoms with Gasteiger partial charge in [-0.15, -0.1) is 0 Å². The third-order valence-electron chi connectivity index (χ3n) is 3.69. The zero-order chi connectivity index (χ0) is 13.2. The zero-order valence-corrected chi connectivity index (χ0v) is 12.3. The molecule has 0 radical (unpaired) electrons. The number of benzene rings is 1. The third-order valence-corrected chi connectivity index (χ3v) is 4.52. The number of rotatable bonds is 3. The Morgan fingerprint density at radius 3 is 2.72 bits per heavy atom. The van der Waals surface area contributed by atoms with E-state index in [2.05, 4.69) is 12.2 Å². The molecule has 0 spiro atoms. The van der Waals surface area contributed by atoms with Crippen LogP contribution in [-0.2, 0) is 4.74 Å². The lowest BCUT2D eigenvalue weighted by Crippen LogP contribution is -2.45. The Bertz CT molecular complexity index is 416. The lowest BCUT2D eigenvalue weighted by molar-refractivity contribution is -0.0884. The van der Waals surface area contributed by atoms with Crippen molar-refractivity contribution in [3.05, 3.63) is 33.8 Å². The quantitative estimate of drug-likeness (QED) is 0.899. The molecule has 1 N–H and O–H groups in total. The molecule has 0 saturated carbocycles. The molecule has 1 aromatic carbocycles. The molecule has 0 amide bonds. The average Bonchev–Trinajstić information content (AvgIpc) is 2.36. The number of hydrogen-bond acceptors (Lipinski definition) is 2. The van der Waals surface area contributed by atoms with E-state index >= 15 is 0 Å². The van der Waals surface area contributed by atoms with E-state index in [-0.39, 0.29) is 11.6 Å². The van der Waals surface area contributed by atoms with Gasteiger partial charge in [0.25, 0.3) is 0 Å². The molecule has 2 nitrogen and oxygen atoms in total. The predicted octanol–water partition coefficient (Wildman–Crippen LogP) is 4.21. The lowest BCUT2D eigenvalue weighted by Gasteiger charge is -2.41. The maximum absolute atomic E-state index is 6.32. The van der Waals surface area contributed by atoms with E-state index in [0.717, 1.165) is 25.0 Å². The molecule has 1 saturated heterocycles. The van der Waals surface area contributed by atoms with Gasteiger partial charge < -0.3 is 10.1 Å². The van der Waals surface area contributed by atoms with Crippen LogP contribution in [0.25, 0.3) is 0 Å². The molecule has 1 heterocycles. The summed E-state index contributed by atoms with van der Waals surface area (Å²) in [5.74, 6) is 0. The summed E-state index contributed by atoms with van der Waals surface area (Å²) in [7, 11) is 1.94. The van der Waals surface area contributed by atoms with E-state index in [4.69, 9.17) is 27.9 Å². The number of halogens is 2. The zero-order valence-electron chi connectivity index (χ0n) is 10.8. The monoisotopic (exact) mass is 287 g/mol. The Balaban J connectivity index is 2.35. The predicted molar refractivity (Wildman–Crippen MR) is 76.5 cm³/mol. The van der Waals surface area contributed by atoms with Gasteiger partial charge in [-0.1, -0.05) is 35.3 Å². The Morgan fingerprint density at radius 1 is 1.33 bits per heavy atom. The van der Waals surface area contributed by atoms with Gasteiger partial charge in [-0.2, -0.15) is 0 Å². The highest BCUT2D eigenvalue weighted by atomic mass is 35.5. The molecule has 100 valence electrons. The first kappa shape index (κ1) is 14.1. The van der Waals surface area contributed by atoms with Crippen molar-refractivity contribution in [3.63, 3.8) is 0 Å². The van der Waals surface area contributed by atoms with Gasteiger partial charge in [-0.25, -0.2) is 0 Å². The van der Waals surface area contributed by atoms with Crippen LogP contribution in [0.1, 0.15) is 37.8 Å². The van der Waals surface area contributed by atoms with Gasteiger partial charge in [0.15, 0.2) is 0 Å². The summed E-state index contributed by atoms with van der Waals surface area (Å²) in [6, 6.07) is 5.81. The van der Waals surface area contributed by atoms with Crippen LogP contribution in [0.4, 0.5) is 0 Å². The molecule has 2 unspecified atom stereocenters. The minimum atomic E-state index is -0.221. The molecule has 1 aliphatic heterocycles. The van der Waals surface area contributed by atoms with Crippen molar-refractivity contribution in [2.24, 2.45) is 0 Å². The van der Waals surface area contributed by atoms with Gasteiger partial charge in [0, 0.05) is 6.61 Å². The van der Waals surface area contributed by atoms with Crippen LogP contribution in [0, 0.1) is 0 Å². The van der Waals surface area contributed by atoms with Gasteiger partial charge >= 0.3 is 0 Å². The van der Waals surface area contributed by atoms with Crippen LogP contribution < -0.4 is 5.32 Å². The first-order chi connectivity index (χ1) is 8.58. The van der Waals surface area contributed by atoms with Crippen LogP contribution >= 0.6 is 23.2 Å². The smallest absolute Gasteiger partial charge is 0.0848 e. The van der Waals surface area contributed by atoms with Crippen molar-refractivity contribution in [2.75, 3.05) is 13.7 Å². The van der Waals surface area contributed by atoms with E-state index in [1.807, 2.05) is 25.2 Å². The van der Waals surface area contributed by atoms with Crippen LogP contribution in [0.2, 0.25) is 10.0 Å². The fraction of sp³-hybridized carbons (Fsp3) is 0.571. The molecular weight excluding hydrogens is 269 g/mol. The van der Waals surface area contributed by atoms with E-state index in [1.165, 1.54) is 6.42 Å². The van der Waals surface area contributed by atoms with Gasteiger partial charge in [0.1, 0.15) is 0 Å². The SMILES string of the molecule is CNC(c1cccc(Cl)c1Cl)C1(C)CCCCO1. The standard InChI is InChI=1S/C14H19Cl2NO/c1-14(8-3-4-9-18-14)13(17-2)10-6-5-7-11(15)12(10)16/h5-7,13,17H,3-4,8-9H2,1-2H3. The van der Waals surface area contributed by atoms with Crippen molar-refractivity contribution < 1.29 is 4.74 Å². The number of likely N-dealkylation sites (N-methyl/N-ethyl adjacent to an activating group) is 1. The minimum Gasteiger partial charge on any atom is -0.373 e. The Morgan fingerprint density at radius 2 is 2.11 bits per heavy atom. The normalized spacial score (nSPS) is 26.0. The largest absolute Gasteiger partial charge is 0.373 e. The molecule has 2 rings (SSSR count). The van der Waals surface area contributed by atoms with Crippen LogP contribution in [0.15, 0.2) is 18.2 Å². The Hall–Kier alpha value is -0.280. The second-order valence-electron chi connectivity index (χ2n) is 4.98. The first-order valence-corrected chi connectivity index (χ1v) is 7.09. The van der Waals surface area contributed by atoms with E-state index in [9.17, 15) is 0 Å². The summed E-state index contributed by atoms with van der Waals surface area (Å²) in [5.41, 5.74) is 0.789.